The molecule has 4 rings (SSSR count). The van der Waals surface area contributed by atoms with Crippen molar-refractivity contribution in [2.45, 2.75) is 6.92 Å². The number of nitrogens with two attached hydrogens (primary N) is 1. The molecular formula is C24H18FN3O3. The minimum atomic E-state index is -0.919. The molecule has 0 fully saturated rings. The summed E-state index contributed by atoms with van der Waals surface area (Å²) in [6.45, 7) is 2.00. The van der Waals surface area contributed by atoms with E-state index in [1.165, 1.54) is 12.1 Å². The summed E-state index contributed by atoms with van der Waals surface area (Å²) in [5.74, 6) is -1.27. The smallest absolute Gasteiger partial charge is 0.256 e. The maximum absolute atomic E-state index is 13.7. The van der Waals surface area contributed by atoms with E-state index in [1.807, 2.05) is 31.2 Å². The van der Waals surface area contributed by atoms with Crippen LogP contribution < -0.4 is 11.1 Å². The highest BCUT2D eigenvalue weighted by molar-refractivity contribution is 6.08. The summed E-state index contributed by atoms with van der Waals surface area (Å²) in [5, 5.41) is 2.65. The molecule has 0 spiro atoms. The minimum absolute atomic E-state index is 0.239. The number of aromatic nitrogens is 1. The van der Waals surface area contributed by atoms with E-state index in [4.69, 9.17) is 10.2 Å². The van der Waals surface area contributed by atoms with Crippen molar-refractivity contribution in [3.05, 3.63) is 95.4 Å². The Hall–Kier alpha value is -4.26. The number of hydrogen-bond donors (Lipinski definition) is 2. The van der Waals surface area contributed by atoms with Crippen LogP contribution in [0.3, 0.4) is 0 Å². The Balaban J connectivity index is 1.63. The van der Waals surface area contributed by atoms with Gasteiger partial charge >= 0.3 is 0 Å². The molecule has 0 atom stereocenters. The van der Waals surface area contributed by atoms with Gasteiger partial charge in [0.25, 0.3) is 11.8 Å². The Morgan fingerprint density at radius 3 is 2.48 bits per heavy atom. The summed E-state index contributed by atoms with van der Waals surface area (Å²) in [7, 11) is 0. The van der Waals surface area contributed by atoms with Gasteiger partial charge in [-0.1, -0.05) is 42.0 Å². The zero-order chi connectivity index (χ0) is 22.0. The average Bonchev–Trinajstić information content (AvgIpc) is 3.25. The predicted molar refractivity (Wildman–Crippen MR) is 115 cm³/mol. The van der Waals surface area contributed by atoms with Crippen LogP contribution in [0.5, 0.6) is 0 Å². The lowest BCUT2D eigenvalue weighted by Crippen LogP contribution is -2.16. The maximum Gasteiger partial charge on any atom is 0.256 e. The molecule has 3 aromatic carbocycles. The van der Waals surface area contributed by atoms with E-state index in [0.29, 0.717) is 22.8 Å². The molecule has 0 saturated heterocycles. The predicted octanol–water partition coefficient (Wildman–Crippen LogP) is 4.81. The third-order valence-electron chi connectivity index (χ3n) is 4.73. The van der Waals surface area contributed by atoms with Gasteiger partial charge in [-0.25, -0.2) is 9.37 Å². The summed E-state index contributed by atoms with van der Waals surface area (Å²) in [6.07, 6.45) is 1.60. The fraction of sp³-hybridized carbons (Fsp3) is 0.0417. The van der Waals surface area contributed by atoms with Gasteiger partial charge in [0.1, 0.15) is 5.82 Å². The van der Waals surface area contributed by atoms with Gasteiger partial charge in [-0.15, -0.1) is 0 Å². The molecule has 0 bridgehead atoms. The van der Waals surface area contributed by atoms with Crippen LogP contribution in [0.2, 0.25) is 0 Å². The third kappa shape index (κ3) is 4.20. The Kier molecular flexibility index (Phi) is 5.32. The second kappa shape index (κ2) is 8.23. The molecule has 0 aliphatic carbocycles. The second-order valence-electron chi connectivity index (χ2n) is 6.95. The van der Waals surface area contributed by atoms with Crippen LogP contribution >= 0.6 is 0 Å². The van der Waals surface area contributed by atoms with E-state index in [2.05, 4.69) is 10.3 Å². The normalized spacial score (nSPS) is 10.6. The van der Waals surface area contributed by atoms with Gasteiger partial charge in [-0.3, -0.25) is 9.59 Å². The monoisotopic (exact) mass is 415 g/mol. The number of carbonyl (C=O) groups is 2. The topological polar surface area (TPSA) is 98.2 Å². The minimum Gasteiger partial charge on any atom is -0.436 e. The summed E-state index contributed by atoms with van der Waals surface area (Å²) in [5.41, 5.74) is 7.91. The SMILES string of the molecule is Cc1ccc(-c2cnc(-c3ccccc3C(=O)Nc3ccc(F)c(C(N)=O)c3)o2)cc1. The number of carbonyl (C=O) groups excluding carboxylic acids is 2. The van der Waals surface area contributed by atoms with Crippen LogP contribution in [0, 0.1) is 12.7 Å². The van der Waals surface area contributed by atoms with Crippen molar-refractivity contribution in [1.29, 1.82) is 0 Å². The molecule has 2 amide bonds. The summed E-state index contributed by atoms with van der Waals surface area (Å²) < 4.78 is 19.6. The van der Waals surface area contributed by atoms with Crippen molar-refractivity contribution in [3.63, 3.8) is 0 Å². The molecule has 0 aliphatic rings. The Labute approximate surface area is 177 Å². The molecule has 6 nitrogen and oxygen atoms in total. The summed E-state index contributed by atoms with van der Waals surface area (Å²) in [6, 6.07) is 18.3. The largest absolute Gasteiger partial charge is 0.436 e. The van der Waals surface area contributed by atoms with E-state index in [9.17, 15) is 14.0 Å². The first-order chi connectivity index (χ1) is 14.9. The lowest BCUT2D eigenvalue weighted by Gasteiger charge is -2.09. The first-order valence-electron chi connectivity index (χ1n) is 9.45. The number of benzene rings is 3. The van der Waals surface area contributed by atoms with Gasteiger partial charge in [0.15, 0.2) is 5.76 Å². The third-order valence-corrected chi connectivity index (χ3v) is 4.73. The van der Waals surface area contributed by atoms with Gasteiger partial charge in [-0.05, 0) is 37.3 Å². The van der Waals surface area contributed by atoms with Crippen molar-refractivity contribution in [3.8, 4) is 22.8 Å². The van der Waals surface area contributed by atoms with Crippen LogP contribution in [0.1, 0.15) is 26.3 Å². The molecule has 1 aromatic heterocycles. The fourth-order valence-electron chi connectivity index (χ4n) is 3.11. The van der Waals surface area contributed by atoms with Crippen LogP contribution in [-0.4, -0.2) is 16.8 Å². The number of halogens is 1. The van der Waals surface area contributed by atoms with Crippen molar-refractivity contribution < 1.29 is 18.4 Å². The molecule has 1 heterocycles. The van der Waals surface area contributed by atoms with Crippen LogP contribution in [-0.2, 0) is 0 Å². The highest BCUT2D eigenvalue weighted by Gasteiger charge is 2.18. The van der Waals surface area contributed by atoms with Crippen molar-refractivity contribution in [1.82, 2.24) is 4.98 Å². The van der Waals surface area contributed by atoms with Gasteiger partial charge < -0.3 is 15.5 Å². The molecule has 0 radical (unpaired) electrons. The lowest BCUT2D eigenvalue weighted by molar-refractivity contribution is 0.0992. The summed E-state index contributed by atoms with van der Waals surface area (Å²) >= 11 is 0. The highest BCUT2D eigenvalue weighted by Crippen LogP contribution is 2.29. The van der Waals surface area contributed by atoms with E-state index in [1.54, 1.807) is 30.5 Å². The number of hydrogen-bond acceptors (Lipinski definition) is 4. The standard InChI is InChI=1S/C24H18FN3O3/c1-14-6-8-15(9-7-14)21-13-27-24(31-21)18-5-3-2-4-17(18)23(30)28-16-10-11-20(25)19(12-16)22(26)29/h2-13H,1H3,(H2,26,29)(H,28,30). The number of aryl methyl sites for hydroxylation is 1. The number of anilines is 1. The number of rotatable bonds is 5. The van der Waals surface area contributed by atoms with Crippen molar-refractivity contribution in [2.75, 3.05) is 5.32 Å². The molecule has 0 saturated carbocycles. The van der Waals surface area contributed by atoms with E-state index in [0.717, 1.165) is 17.2 Å². The quantitative estimate of drug-likeness (QED) is 0.489. The number of amides is 2. The molecule has 7 heteroatoms. The van der Waals surface area contributed by atoms with E-state index >= 15 is 0 Å². The lowest BCUT2D eigenvalue weighted by atomic mass is 10.1. The molecule has 0 unspecified atom stereocenters. The molecule has 3 N–H and O–H groups in total. The Bertz CT molecular complexity index is 1280. The number of primary amides is 1. The van der Waals surface area contributed by atoms with E-state index in [-0.39, 0.29) is 11.3 Å². The first-order valence-corrected chi connectivity index (χ1v) is 9.45. The number of nitrogens with zero attached hydrogens (tertiary/aromatic N) is 1. The zero-order valence-electron chi connectivity index (χ0n) is 16.6. The second-order valence-corrected chi connectivity index (χ2v) is 6.95. The first kappa shape index (κ1) is 20.0. The van der Waals surface area contributed by atoms with Crippen LogP contribution in [0.4, 0.5) is 10.1 Å². The van der Waals surface area contributed by atoms with Crippen LogP contribution in [0.25, 0.3) is 22.8 Å². The number of oxazole rings is 1. The van der Waals surface area contributed by atoms with E-state index < -0.39 is 17.6 Å². The maximum atomic E-state index is 13.7. The van der Waals surface area contributed by atoms with Crippen molar-refractivity contribution >= 4 is 17.5 Å². The van der Waals surface area contributed by atoms with Gasteiger partial charge in [0.2, 0.25) is 5.89 Å². The molecular weight excluding hydrogens is 397 g/mol. The molecule has 0 aliphatic heterocycles. The Morgan fingerprint density at radius 2 is 1.74 bits per heavy atom. The van der Waals surface area contributed by atoms with Gasteiger partial charge in [-0.2, -0.15) is 0 Å². The number of nitrogens with one attached hydrogen (secondary N) is 1. The summed E-state index contributed by atoms with van der Waals surface area (Å²) in [4.78, 5) is 28.6. The Morgan fingerprint density at radius 1 is 1.00 bits per heavy atom. The average molecular weight is 415 g/mol. The van der Waals surface area contributed by atoms with Gasteiger partial charge in [0, 0.05) is 16.8 Å². The van der Waals surface area contributed by atoms with Crippen molar-refractivity contribution in [2.24, 2.45) is 5.73 Å². The van der Waals surface area contributed by atoms with Gasteiger partial charge in [0.05, 0.1) is 17.3 Å². The molecule has 154 valence electrons. The zero-order valence-corrected chi connectivity index (χ0v) is 16.6. The fourth-order valence-corrected chi connectivity index (χ4v) is 3.11. The molecule has 4 aromatic rings. The molecule has 31 heavy (non-hydrogen) atoms. The highest BCUT2D eigenvalue weighted by atomic mass is 19.1. The van der Waals surface area contributed by atoms with Crippen LogP contribution in [0.15, 0.2) is 77.3 Å².